The molecule has 11 atom stereocenters. The van der Waals surface area contributed by atoms with E-state index in [-0.39, 0.29) is 113 Å². The average Bonchev–Trinajstić information content (AvgIpc) is 1.70. The van der Waals surface area contributed by atoms with Crippen LogP contribution in [-0.4, -0.2) is 216 Å². The van der Waals surface area contributed by atoms with Crippen molar-refractivity contribution in [1.29, 1.82) is 0 Å². The molecule has 0 bridgehead atoms. The van der Waals surface area contributed by atoms with E-state index in [9.17, 15) is 77.3 Å². The molecule has 620 valence electrons. The minimum atomic E-state index is -1.66. The van der Waals surface area contributed by atoms with Gasteiger partial charge in [0, 0.05) is 56.0 Å². The molecule has 3 rings (SSSR count). The lowest BCUT2D eigenvalue weighted by molar-refractivity contribution is -0.142. The number of primary amides is 1. The number of fused-ring (bicyclic) bond motifs is 1. The zero-order valence-corrected chi connectivity index (χ0v) is 64.8. The summed E-state index contributed by atoms with van der Waals surface area (Å²) >= 11 is 0. The van der Waals surface area contributed by atoms with Crippen LogP contribution in [0.1, 0.15) is 137 Å². The molecular formula is C72H116N24O16. The molecule has 3 aromatic rings. The fraction of sp³-hybridized carbons (Fsp3) is 0.569. The molecule has 112 heavy (non-hydrogen) atoms. The molecule has 1 heterocycles. The molecule has 40 nitrogen and oxygen atoms in total. The van der Waals surface area contributed by atoms with Crippen molar-refractivity contribution < 1.29 is 77.3 Å². The molecule has 31 N–H and O–H groups in total. The highest BCUT2D eigenvalue weighted by Crippen LogP contribution is 2.21. The number of H-pyrrole nitrogens is 1. The third-order valence-electron chi connectivity index (χ3n) is 17.5. The monoisotopic (exact) mass is 1570 g/mol. The Hall–Kier alpha value is -11.9. The number of carbonyl (C=O) groups is 14. The molecule has 0 saturated heterocycles. The molecule has 40 heteroatoms. The number of rotatable bonds is 51. The van der Waals surface area contributed by atoms with E-state index in [0.717, 1.165) is 0 Å². The highest BCUT2D eigenvalue weighted by molar-refractivity contribution is 5.99. The van der Waals surface area contributed by atoms with Crippen molar-refractivity contribution in [1.82, 2.24) is 68.8 Å². The Morgan fingerprint density at radius 2 is 0.884 bits per heavy atom. The second kappa shape index (κ2) is 48.6. The van der Waals surface area contributed by atoms with Gasteiger partial charge in [-0.25, -0.2) is 4.79 Å². The first-order valence-corrected chi connectivity index (χ1v) is 37.1. The number of nitrogens with zero attached hydrogens (tertiary/aromatic N) is 3. The van der Waals surface area contributed by atoms with Gasteiger partial charge in [-0.1, -0.05) is 92.1 Å². The van der Waals surface area contributed by atoms with Gasteiger partial charge >= 0.3 is 5.97 Å². The Kier molecular flexibility index (Phi) is 40.9. The fourth-order valence-corrected chi connectivity index (χ4v) is 11.4. The number of para-hydroxylation sites is 1. The van der Waals surface area contributed by atoms with Crippen molar-refractivity contribution >= 4 is 112 Å². The minimum absolute atomic E-state index is 0.00404. The summed E-state index contributed by atoms with van der Waals surface area (Å²) in [6.45, 7) is 11.9. The van der Waals surface area contributed by atoms with Gasteiger partial charge in [-0.2, -0.15) is 0 Å². The Labute approximate surface area is 649 Å². The number of aliphatic carboxylic acids is 1. The van der Waals surface area contributed by atoms with Crippen LogP contribution in [0.4, 0.5) is 0 Å². The van der Waals surface area contributed by atoms with Gasteiger partial charge < -0.3 is 125 Å². The molecule has 0 aliphatic rings. The van der Waals surface area contributed by atoms with E-state index in [4.69, 9.17) is 45.9 Å². The topological polar surface area (TPSA) is 685 Å². The normalized spacial score (nSPS) is 14.0. The van der Waals surface area contributed by atoms with Gasteiger partial charge in [0.15, 0.2) is 17.9 Å². The molecule has 0 unspecified atom stereocenters. The van der Waals surface area contributed by atoms with Crippen LogP contribution in [0.15, 0.2) is 69.7 Å². The van der Waals surface area contributed by atoms with E-state index in [1.165, 1.54) is 24.3 Å². The number of amides is 13. The Morgan fingerprint density at radius 1 is 0.446 bits per heavy atom. The number of nitrogens with one attached hydrogen (secondary N) is 13. The van der Waals surface area contributed by atoms with Gasteiger partial charge in [0.2, 0.25) is 76.8 Å². The van der Waals surface area contributed by atoms with E-state index < -0.39 is 187 Å². The van der Waals surface area contributed by atoms with Crippen molar-refractivity contribution in [2.75, 3.05) is 39.3 Å². The number of hydrogen-bond acceptors (Lipinski definition) is 19. The summed E-state index contributed by atoms with van der Waals surface area (Å²) in [7, 11) is 0. The van der Waals surface area contributed by atoms with Crippen LogP contribution in [0.2, 0.25) is 0 Å². The first kappa shape index (κ1) is 94.3. The SMILES string of the molecule is CC[C@H](C)[C@H](NC(=O)[C@@H](NC(=O)[C@@H](N)CC(C)C)C(C)C)C(=O)NCC(=O)NCC(=O)N[C@@H](Cc1c[nH]c2ccccc12)C(=O)NCC(=O)N[C@@H](CCC(N)=O)C(=O)N[C@@H](CCCN=C(N)N)C(=O)N[C@@H](CCCN=C(N)N)C(=O)N[C@@H](CC(C)C)C(=O)N[C@@H](Cc1ccc(O)cc1)C(=O)N[C@@H](CCCN=C(N)N)C(=O)O. The number of phenols is 1. The lowest BCUT2D eigenvalue weighted by Crippen LogP contribution is -2.60. The maximum atomic E-state index is 14.7. The van der Waals surface area contributed by atoms with Crippen molar-refractivity contribution in [3.05, 3.63) is 65.9 Å². The van der Waals surface area contributed by atoms with E-state index in [1.54, 1.807) is 72.0 Å². The molecule has 0 aliphatic carbocycles. The predicted molar refractivity (Wildman–Crippen MR) is 417 cm³/mol. The molecule has 0 saturated carbocycles. The third-order valence-corrected chi connectivity index (χ3v) is 17.5. The highest BCUT2D eigenvalue weighted by Gasteiger charge is 2.37. The number of guanidine groups is 3. The summed E-state index contributed by atoms with van der Waals surface area (Å²) < 4.78 is 0. The first-order valence-electron chi connectivity index (χ1n) is 37.1. The van der Waals surface area contributed by atoms with Gasteiger partial charge in [0.25, 0.3) is 0 Å². The second-order valence-corrected chi connectivity index (χ2v) is 28.3. The van der Waals surface area contributed by atoms with Crippen LogP contribution in [0.25, 0.3) is 10.9 Å². The summed E-state index contributed by atoms with van der Waals surface area (Å²) in [6.07, 6.45) is 0.566. The maximum absolute atomic E-state index is 14.7. The highest BCUT2D eigenvalue weighted by atomic mass is 16.4. The van der Waals surface area contributed by atoms with Crippen LogP contribution in [0, 0.1) is 23.7 Å². The molecule has 0 aliphatic heterocycles. The van der Waals surface area contributed by atoms with Gasteiger partial charge in [0.1, 0.15) is 60.1 Å². The number of carboxylic acid groups (broad SMARTS) is 1. The van der Waals surface area contributed by atoms with Gasteiger partial charge in [-0.15, -0.1) is 0 Å². The lowest BCUT2D eigenvalue weighted by atomic mass is 9.96. The molecule has 0 spiro atoms. The summed E-state index contributed by atoms with van der Waals surface area (Å²) in [5.74, 6) is -14.7. The van der Waals surface area contributed by atoms with E-state index in [1.807, 2.05) is 13.8 Å². The number of carboxylic acids is 1. The summed E-state index contributed by atoms with van der Waals surface area (Å²) in [5, 5.41) is 51.3. The number of aromatic amines is 1. The lowest BCUT2D eigenvalue weighted by Gasteiger charge is -2.28. The Bertz CT molecular complexity index is 3760. The average molecular weight is 1570 g/mol. The molecular weight excluding hydrogens is 1460 g/mol. The van der Waals surface area contributed by atoms with Crippen molar-refractivity contribution in [3.8, 4) is 5.75 Å². The second-order valence-electron chi connectivity index (χ2n) is 28.3. The van der Waals surface area contributed by atoms with Gasteiger partial charge in [0.05, 0.1) is 25.7 Å². The van der Waals surface area contributed by atoms with Crippen LogP contribution >= 0.6 is 0 Å². The number of aliphatic imine (C=N–C) groups is 3. The number of phenolic OH excluding ortho intramolecular Hbond substituents is 1. The molecule has 2 aromatic carbocycles. The first-order chi connectivity index (χ1) is 52.8. The summed E-state index contributed by atoms with van der Waals surface area (Å²) in [5.41, 5.74) is 46.4. The van der Waals surface area contributed by atoms with Crippen LogP contribution in [-0.2, 0) is 80.0 Å². The standard InChI is InChI=1S/C72H116N24O16/c1-9-40(8)59(96-68(110)58(39(6)7)95-60(102)45(73)29-37(2)3)67(109)87-34-55(99)85-35-56(100)89-53(32-42-33-84-46-16-11-10-15-44(42)46)61(103)86-36-57(101)88-49(24-25-54(74)98)64(106)91-47(17-12-26-81-70(75)76)62(104)90-48(18-13-27-82-71(77)78)63(105)93-51(30-38(4)5)65(107)94-52(31-41-20-22-43(97)23-21-41)66(108)92-50(69(111)112)19-14-28-83-72(79)80/h10-11,15-16,20-23,33,37-40,45,47-53,58-59,84,97H,9,12-14,17-19,24-32,34-36,73H2,1-8H3,(H2,74,98)(H,85,99)(H,86,103)(H,87,109)(H,88,101)(H,89,100)(H,90,104)(H,91,106)(H,92,108)(H,93,105)(H,94,107)(H,95,102)(H,96,110)(H,111,112)(H4,75,76,81)(H4,77,78,82)(H4,79,80,83)/t40-,45-,47-,48-,49-,50-,51-,52-,53-,58-,59-/m0/s1. The molecule has 0 radical (unpaired) electrons. The van der Waals surface area contributed by atoms with Crippen LogP contribution in [0.5, 0.6) is 5.75 Å². The minimum Gasteiger partial charge on any atom is -0.508 e. The molecule has 0 fully saturated rings. The number of carbonyl (C=O) groups excluding carboxylic acids is 13. The van der Waals surface area contributed by atoms with E-state index in [0.29, 0.717) is 34.9 Å². The number of aromatic hydroxyl groups is 1. The van der Waals surface area contributed by atoms with Gasteiger partial charge in [-0.05, 0) is 111 Å². The summed E-state index contributed by atoms with van der Waals surface area (Å²) in [6, 6.07) is -1.02. The van der Waals surface area contributed by atoms with E-state index >= 15 is 0 Å². The van der Waals surface area contributed by atoms with Crippen molar-refractivity contribution in [3.63, 3.8) is 0 Å². The molecule has 1 aromatic heterocycles. The number of hydrogen-bond donors (Lipinski definition) is 23. The molecule has 13 amide bonds. The van der Waals surface area contributed by atoms with Gasteiger partial charge in [-0.3, -0.25) is 77.3 Å². The number of benzene rings is 2. The number of nitrogens with two attached hydrogens (primary N) is 8. The zero-order chi connectivity index (χ0) is 83.9. The van der Waals surface area contributed by atoms with Crippen LogP contribution in [0.3, 0.4) is 0 Å². The zero-order valence-electron chi connectivity index (χ0n) is 64.8. The number of aromatic nitrogens is 1. The third kappa shape index (κ3) is 35.7. The smallest absolute Gasteiger partial charge is 0.326 e. The maximum Gasteiger partial charge on any atom is 0.326 e. The van der Waals surface area contributed by atoms with Crippen molar-refractivity contribution in [2.24, 2.45) is 84.5 Å². The predicted octanol–water partition coefficient (Wildman–Crippen LogP) is -5.00. The fourth-order valence-electron chi connectivity index (χ4n) is 11.4. The quantitative estimate of drug-likeness (QED) is 0.0143. The van der Waals surface area contributed by atoms with E-state index in [2.05, 4.69) is 83.8 Å². The van der Waals surface area contributed by atoms with Crippen LogP contribution < -0.4 is 110 Å². The Morgan fingerprint density at radius 3 is 1.39 bits per heavy atom. The largest absolute Gasteiger partial charge is 0.508 e. The van der Waals surface area contributed by atoms with Crippen molar-refractivity contribution in [2.45, 2.75) is 199 Å². The Balaban J connectivity index is 1.90. The summed E-state index contributed by atoms with van der Waals surface area (Å²) in [4.78, 5) is 207.